The second-order valence-electron chi connectivity index (χ2n) is 5.26. The lowest BCUT2D eigenvalue weighted by Gasteiger charge is -2.16. The Hall–Kier alpha value is -2.20. The molecule has 2 aromatic carbocycles. The topological polar surface area (TPSA) is 29.9 Å². The molecule has 1 atom stereocenters. The number of halogens is 1. The van der Waals surface area contributed by atoms with Gasteiger partial charge in [-0.1, -0.05) is 30.3 Å². The number of fused-ring (bicyclic) bond motifs is 1. The van der Waals surface area contributed by atoms with Gasteiger partial charge in [0, 0.05) is 12.4 Å². The summed E-state index contributed by atoms with van der Waals surface area (Å²) >= 11 is 0. The van der Waals surface area contributed by atoms with Gasteiger partial charge in [0.15, 0.2) is 0 Å². The van der Waals surface area contributed by atoms with Gasteiger partial charge in [0.25, 0.3) is 0 Å². The predicted octanol–water partition coefficient (Wildman–Crippen LogP) is 3.33. The fourth-order valence-electron chi connectivity index (χ4n) is 2.76. The first kappa shape index (κ1) is 13.8. The van der Waals surface area contributed by atoms with Crippen LogP contribution in [0.25, 0.3) is 10.9 Å². The summed E-state index contributed by atoms with van der Waals surface area (Å²) in [6.45, 7) is 1.78. The zero-order chi connectivity index (χ0) is 15.0. The van der Waals surface area contributed by atoms with E-state index in [1.165, 1.54) is 6.07 Å². The fraction of sp³-hybridized carbons (Fsp3) is 0.235. The van der Waals surface area contributed by atoms with E-state index in [0.717, 1.165) is 22.2 Å². The van der Waals surface area contributed by atoms with Crippen molar-refractivity contribution in [3.8, 4) is 0 Å². The van der Waals surface area contributed by atoms with Gasteiger partial charge in [-0.15, -0.1) is 0 Å². The Labute approximate surface area is 123 Å². The van der Waals surface area contributed by atoms with Crippen LogP contribution in [0.3, 0.4) is 0 Å². The van der Waals surface area contributed by atoms with E-state index in [-0.39, 0.29) is 11.9 Å². The first-order valence-electron chi connectivity index (χ1n) is 6.96. The largest absolute Gasteiger partial charge is 0.308 e. The van der Waals surface area contributed by atoms with Crippen LogP contribution in [-0.2, 0) is 7.05 Å². The third-order valence-electron chi connectivity index (χ3n) is 3.86. The average Bonchev–Trinajstić information content (AvgIpc) is 2.82. The average molecular weight is 283 g/mol. The quantitative estimate of drug-likeness (QED) is 0.799. The molecule has 3 rings (SSSR count). The van der Waals surface area contributed by atoms with Gasteiger partial charge in [-0.25, -0.2) is 4.39 Å². The molecule has 0 saturated heterocycles. The Balaban J connectivity index is 2.16. The van der Waals surface area contributed by atoms with E-state index >= 15 is 0 Å². The van der Waals surface area contributed by atoms with Gasteiger partial charge in [0.1, 0.15) is 5.82 Å². The van der Waals surface area contributed by atoms with Crippen molar-refractivity contribution in [2.24, 2.45) is 7.05 Å². The zero-order valence-corrected chi connectivity index (χ0v) is 12.4. The molecule has 0 fully saturated rings. The maximum Gasteiger partial charge on any atom is 0.126 e. The molecule has 0 spiro atoms. The lowest BCUT2D eigenvalue weighted by atomic mass is 9.99. The Kier molecular flexibility index (Phi) is 3.47. The Morgan fingerprint density at radius 3 is 2.67 bits per heavy atom. The normalized spacial score (nSPS) is 12.8. The van der Waals surface area contributed by atoms with Crippen molar-refractivity contribution in [2.75, 3.05) is 7.05 Å². The lowest BCUT2D eigenvalue weighted by molar-refractivity contribution is 0.611. The lowest BCUT2D eigenvalue weighted by Crippen LogP contribution is -2.19. The molecule has 1 unspecified atom stereocenters. The van der Waals surface area contributed by atoms with Crippen LogP contribution in [0.5, 0.6) is 0 Å². The van der Waals surface area contributed by atoms with Gasteiger partial charge < -0.3 is 5.32 Å². The summed E-state index contributed by atoms with van der Waals surface area (Å²) in [5, 5.41) is 9.05. The van der Waals surface area contributed by atoms with Crippen molar-refractivity contribution in [1.29, 1.82) is 0 Å². The smallest absolute Gasteiger partial charge is 0.126 e. The summed E-state index contributed by atoms with van der Waals surface area (Å²) < 4.78 is 15.4. The molecule has 4 heteroatoms. The molecule has 1 heterocycles. The maximum absolute atomic E-state index is 13.5. The summed E-state index contributed by atoms with van der Waals surface area (Å²) in [5.74, 6) is -0.181. The highest BCUT2D eigenvalue weighted by Crippen LogP contribution is 2.28. The molecule has 3 nitrogen and oxygen atoms in total. The number of nitrogens with one attached hydrogen (secondary N) is 1. The van der Waals surface area contributed by atoms with E-state index < -0.39 is 0 Å². The van der Waals surface area contributed by atoms with Crippen LogP contribution in [0.1, 0.15) is 22.9 Å². The van der Waals surface area contributed by atoms with E-state index in [1.54, 1.807) is 6.92 Å². The molecule has 0 radical (unpaired) electrons. The van der Waals surface area contributed by atoms with Crippen LogP contribution in [-0.4, -0.2) is 16.8 Å². The van der Waals surface area contributed by atoms with Gasteiger partial charge in [-0.2, -0.15) is 5.10 Å². The SMILES string of the molecule is CNC(c1ccc(F)c(C)c1)c1nn(C)c2ccccc12. The van der Waals surface area contributed by atoms with E-state index in [1.807, 2.05) is 43.0 Å². The molecule has 0 aliphatic rings. The highest BCUT2D eigenvalue weighted by atomic mass is 19.1. The molecule has 0 amide bonds. The van der Waals surface area contributed by atoms with Crippen LogP contribution in [0, 0.1) is 12.7 Å². The standard InChI is InChI=1S/C17H18FN3/c1-11-10-12(8-9-14(11)18)16(19-2)17-13-6-4-5-7-15(13)21(3)20-17/h4-10,16,19H,1-3H3. The van der Waals surface area contributed by atoms with Crippen molar-refractivity contribution in [3.05, 3.63) is 65.1 Å². The molecule has 0 bridgehead atoms. The van der Waals surface area contributed by atoms with Crippen LogP contribution in [0.4, 0.5) is 4.39 Å². The second kappa shape index (κ2) is 5.30. The van der Waals surface area contributed by atoms with Crippen molar-refractivity contribution in [1.82, 2.24) is 15.1 Å². The van der Waals surface area contributed by atoms with Gasteiger partial charge in [0.05, 0.1) is 17.3 Å². The molecule has 1 N–H and O–H groups in total. The molecule has 0 aliphatic carbocycles. The Morgan fingerprint density at radius 1 is 1.19 bits per heavy atom. The fourth-order valence-corrected chi connectivity index (χ4v) is 2.76. The number of benzene rings is 2. The van der Waals surface area contributed by atoms with Crippen LogP contribution >= 0.6 is 0 Å². The second-order valence-corrected chi connectivity index (χ2v) is 5.26. The number of nitrogens with zero attached hydrogens (tertiary/aromatic N) is 2. The number of rotatable bonds is 3. The highest BCUT2D eigenvalue weighted by molar-refractivity contribution is 5.82. The van der Waals surface area contributed by atoms with Crippen LogP contribution < -0.4 is 5.32 Å². The Bertz CT molecular complexity index is 792. The van der Waals surface area contributed by atoms with Gasteiger partial charge in [-0.3, -0.25) is 4.68 Å². The van der Waals surface area contributed by atoms with Crippen LogP contribution in [0.15, 0.2) is 42.5 Å². The van der Waals surface area contributed by atoms with Gasteiger partial charge >= 0.3 is 0 Å². The summed E-state index contributed by atoms with van der Waals surface area (Å²) in [5.41, 5.74) is 3.71. The summed E-state index contributed by atoms with van der Waals surface area (Å²) in [7, 11) is 3.83. The van der Waals surface area contributed by atoms with E-state index in [9.17, 15) is 4.39 Å². The molecule has 1 aromatic heterocycles. The first-order valence-corrected chi connectivity index (χ1v) is 6.96. The number of aryl methyl sites for hydroxylation is 2. The monoisotopic (exact) mass is 283 g/mol. The van der Waals surface area contributed by atoms with E-state index in [2.05, 4.69) is 22.5 Å². The Morgan fingerprint density at radius 2 is 1.95 bits per heavy atom. The molecule has 0 aliphatic heterocycles. The van der Waals surface area contributed by atoms with Crippen molar-refractivity contribution in [3.63, 3.8) is 0 Å². The minimum atomic E-state index is -0.181. The van der Waals surface area contributed by atoms with E-state index in [0.29, 0.717) is 5.56 Å². The predicted molar refractivity (Wildman–Crippen MR) is 82.8 cm³/mol. The van der Waals surface area contributed by atoms with Gasteiger partial charge in [-0.05, 0) is 37.2 Å². The zero-order valence-electron chi connectivity index (χ0n) is 12.4. The molecule has 108 valence electrons. The molecule has 3 aromatic rings. The number of hydrogen-bond donors (Lipinski definition) is 1. The minimum Gasteiger partial charge on any atom is -0.308 e. The summed E-state index contributed by atoms with van der Waals surface area (Å²) in [4.78, 5) is 0. The maximum atomic E-state index is 13.5. The first-order chi connectivity index (χ1) is 10.1. The molecular formula is C17H18FN3. The van der Waals surface area contributed by atoms with E-state index in [4.69, 9.17) is 0 Å². The number of hydrogen-bond acceptors (Lipinski definition) is 2. The minimum absolute atomic E-state index is 0.0598. The third kappa shape index (κ3) is 2.32. The highest BCUT2D eigenvalue weighted by Gasteiger charge is 2.19. The summed E-state index contributed by atoms with van der Waals surface area (Å²) in [6, 6.07) is 13.3. The third-order valence-corrected chi connectivity index (χ3v) is 3.86. The molecular weight excluding hydrogens is 265 g/mol. The molecule has 21 heavy (non-hydrogen) atoms. The van der Waals surface area contributed by atoms with Crippen molar-refractivity contribution in [2.45, 2.75) is 13.0 Å². The molecule has 0 saturated carbocycles. The van der Waals surface area contributed by atoms with Crippen molar-refractivity contribution >= 4 is 10.9 Å². The number of para-hydroxylation sites is 1. The number of aromatic nitrogens is 2. The van der Waals surface area contributed by atoms with Crippen LogP contribution in [0.2, 0.25) is 0 Å². The summed E-state index contributed by atoms with van der Waals surface area (Å²) in [6.07, 6.45) is 0. The van der Waals surface area contributed by atoms with Crippen molar-refractivity contribution < 1.29 is 4.39 Å². The van der Waals surface area contributed by atoms with Gasteiger partial charge in [0.2, 0.25) is 0 Å².